The Morgan fingerprint density at radius 3 is 2.48 bits per heavy atom. The van der Waals surface area contributed by atoms with Gasteiger partial charge in [0.15, 0.2) is 5.03 Å². The fourth-order valence-corrected chi connectivity index (χ4v) is 3.54. The first-order chi connectivity index (χ1) is 9.94. The fourth-order valence-electron chi connectivity index (χ4n) is 1.90. The van der Waals surface area contributed by atoms with Gasteiger partial charge in [0.2, 0.25) is 0 Å². The molecule has 0 aliphatic rings. The molecule has 1 atom stereocenters. The molecule has 0 amide bonds. The Morgan fingerprint density at radius 1 is 1.19 bits per heavy atom. The van der Waals surface area contributed by atoms with E-state index in [0.717, 1.165) is 10.0 Å². The second-order valence-electron chi connectivity index (χ2n) is 4.50. The molecule has 2 rings (SSSR count). The van der Waals surface area contributed by atoms with Crippen LogP contribution in [0.25, 0.3) is 0 Å². The maximum Gasteiger partial charge on any atom is 0.260 e. The van der Waals surface area contributed by atoms with Gasteiger partial charge in [-0.2, -0.15) is 0 Å². The van der Waals surface area contributed by atoms with E-state index in [4.69, 9.17) is 0 Å². The highest BCUT2D eigenvalue weighted by Crippen LogP contribution is 2.21. The van der Waals surface area contributed by atoms with Crippen LogP contribution in [0, 0.1) is 0 Å². The zero-order valence-corrected chi connectivity index (χ0v) is 14.1. The summed E-state index contributed by atoms with van der Waals surface area (Å²) < 4.78 is 28.5. The normalized spacial score (nSPS) is 12.9. The highest BCUT2D eigenvalue weighted by Gasteiger charge is 2.22. The van der Waals surface area contributed by atoms with Crippen LogP contribution in [-0.4, -0.2) is 20.4 Å². The van der Waals surface area contributed by atoms with E-state index in [2.05, 4.69) is 31.0 Å². The molecular formula is C14H16BrN3O2S. The predicted octanol–water partition coefficient (Wildman–Crippen LogP) is 2.93. The lowest BCUT2D eigenvalue weighted by Gasteiger charge is -2.16. The second-order valence-corrected chi connectivity index (χ2v) is 7.05. The number of nitrogens with one attached hydrogen (secondary N) is 2. The van der Waals surface area contributed by atoms with Crippen LogP contribution in [0.4, 0.5) is 5.69 Å². The molecule has 2 aromatic rings. The third-order valence-corrected chi connectivity index (χ3v) is 5.02. The van der Waals surface area contributed by atoms with Crippen molar-refractivity contribution in [3.63, 3.8) is 0 Å². The van der Waals surface area contributed by atoms with E-state index in [0.29, 0.717) is 5.69 Å². The van der Waals surface area contributed by atoms with E-state index < -0.39 is 10.0 Å². The average molecular weight is 370 g/mol. The van der Waals surface area contributed by atoms with Gasteiger partial charge in [0.05, 0.1) is 5.69 Å². The first-order valence-corrected chi connectivity index (χ1v) is 8.62. The van der Waals surface area contributed by atoms with Crippen molar-refractivity contribution < 1.29 is 8.42 Å². The standard InChI is InChI=1S/C14H16BrN3O2S/c1-10(11-5-7-12(15)8-6-11)18-21(19,20)14-13(16-2)4-3-9-17-14/h3-10,16,18H,1-2H3. The second kappa shape index (κ2) is 6.55. The van der Waals surface area contributed by atoms with Crippen LogP contribution in [0.15, 0.2) is 52.1 Å². The highest BCUT2D eigenvalue weighted by molar-refractivity contribution is 9.10. The summed E-state index contributed by atoms with van der Waals surface area (Å²) in [5.74, 6) is 0. The van der Waals surface area contributed by atoms with E-state index in [1.807, 2.05) is 24.3 Å². The minimum atomic E-state index is -3.70. The molecule has 0 spiro atoms. The first kappa shape index (κ1) is 15.9. The molecule has 7 heteroatoms. The summed E-state index contributed by atoms with van der Waals surface area (Å²) in [5, 5.41) is 2.83. The van der Waals surface area contributed by atoms with Crippen molar-refractivity contribution in [2.24, 2.45) is 0 Å². The van der Waals surface area contributed by atoms with Crippen molar-refractivity contribution in [2.45, 2.75) is 18.0 Å². The number of pyridine rings is 1. The van der Waals surface area contributed by atoms with Crippen molar-refractivity contribution in [3.05, 3.63) is 52.6 Å². The Balaban J connectivity index is 2.26. The summed E-state index contributed by atoms with van der Waals surface area (Å²) in [6, 6.07) is 10.5. The van der Waals surface area contributed by atoms with Crippen LogP contribution >= 0.6 is 15.9 Å². The lowest BCUT2D eigenvalue weighted by atomic mass is 10.1. The smallest absolute Gasteiger partial charge is 0.260 e. The molecule has 5 nitrogen and oxygen atoms in total. The maximum absolute atomic E-state index is 12.4. The van der Waals surface area contributed by atoms with Gasteiger partial charge >= 0.3 is 0 Å². The molecule has 0 aliphatic carbocycles. The number of hydrogen-bond donors (Lipinski definition) is 2. The molecule has 1 heterocycles. The molecule has 0 saturated carbocycles. The third-order valence-electron chi connectivity index (χ3n) is 3.00. The van der Waals surface area contributed by atoms with Crippen molar-refractivity contribution in [1.82, 2.24) is 9.71 Å². The summed E-state index contributed by atoms with van der Waals surface area (Å²) >= 11 is 3.35. The lowest BCUT2D eigenvalue weighted by molar-refractivity contribution is 0.563. The molecule has 0 radical (unpaired) electrons. The number of aromatic nitrogens is 1. The zero-order valence-electron chi connectivity index (χ0n) is 11.7. The number of rotatable bonds is 5. The topological polar surface area (TPSA) is 71.1 Å². The van der Waals surface area contributed by atoms with Crippen LogP contribution in [0.5, 0.6) is 0 Å². The monoisotopic (exact) mass is 369 g/mol. The molecular weight excluding hydrogens is 354 g/mol. The SMILES string of the molecule is CNc1cccnc1S(=O)(=O)NC(C)c1ccc(Br)cc1. The summed E-state index contributed by atoms with van der Waals surface area (Å²) in [7, 11) is -2.03. The fraction of sp³-hybridized carbons (Fsp3) is 0.214. The third kappa shape index (κ3) is 3.81. The maximum atomic E-state index is 12.4. The molecule has 0 saturated heterocycles. The number of benzene rings is 1. The summed E-state index contributed by atoms with van der Waals surface area (Å²) in [5.41, 5.74) is 1.34. The van der Waals surface area contributed by atoms with E-state index in [9.17, 15) is 8.42 Å². The molecule has 1 unspecified atom stereocenters. The minimum Gasteiger partial charge on any atom is -0.386 e. The molecule has 1 aromatic carbocycles. The van der Waals surface area contributed by atoms with Crippen molar-refractivity contribution in [1.29, 1.82) is 0 Å². The molecule has 0 aliphatic heterocycles. The highest BCUT2D eigenvalue weighted by atomic mass is 79.9. The molecule has 2 N–H and O–H groups in total. The van der Waals surface area contributed by atoms with Gasteiger partial charge in [-0.15, -0.1) is 0 Å². The molecule has 21 heavy (non-hydrogen) atoms. The quantitative estimate of drug-likeness (QED) is 0.849. The first-order valence-electron chi connectivity index (χ1n) is 6.34. The number of halogens is 1. The van der Waals surface area contributed by atoms with E-state index >= 15 is 0 Å². The van der Waals surface area contributed by atoms with E-state index in [1.165, 1.54) is 6.20 Å². The lowest BCUT2D eigenvalue weighted by Crippen LogP contribution is -2.28. The average Bonchev–Trinajstić information content (AvgIpc) is 2.47. The molecule has 0 fully saturated rings. The number of nitrogens with zero attached hydrogens (tertiary/aromatic N) is 1. The Labute approximate surface area is 133 Å². The van der Waals surface area contributed by atoms with Crippen LogP contribution in [-0.2, 0) is 10.0 Å². The predicted molar refractivity (Wildman–Crippen MR) is 86.7 cm³/mol. The van der Waals surface area contributed by atoms with Gasteiger partial charge in [-0.05, 0) is 36.8 Å². The largest absolute Gasteiger partial charge is 0.386 e. The summed E-state index contributed by atoms with van der Waals surface area (Å²) in [6.07, 6.45) is 1.46. The van der Waals surface area contributed by atoms with Gasteiger partial charge < -0.3 is 5.32 Å². The Hall–Kier alpha value is -1.44. The van der Waals surface area contributed by atoms with Crippen molar-refractivity contribution in [3.8, 4) is 0 Å². The van der Waals surface area contributed by atoms with E-state index in [1.54, 1.807) is 26.1 Å². The number of hydrogen-bond acceptors (Lipinski definition) is 4. The van der Waals surface area contributed by atoms with Crippen LogP contribution in [0.2, 0.25) is 0 Å². The van der Waals surface area contributed by atoms with Gasteiger partial charge in [-0.3, -0.25) is 0 Å². The zero-order chi connectivity index (χ0) is 15.5. The Kier molecular flexibility index (Phi) is 4.97. The minimum absolute atomic E-state index is 0.00328. The number of sulfonamides is 1. The van der Waals surface area contributed by atoms with Gasteiger partial charge in [0.25, 0.3) is 10.0 Å². The molecule has 112 valence electrons. The van der Waals surface area contributed by atoms with Gasteiger partial charge in [-0.1, -0.05) is 28.1 Å². The Morgan fingerprint density at radius 2 is 1.86 bits per heavy atom. The molecule has 1 aromatic heterocycles. The van der Waals surface area contributed by atoms with Gasteiger partial charge in [-0.25, -0.2) is 18.1 Å². The van der Waals surface area contributed by atoms with Crippen LogP contribution in [0.1, 0.15) is 18.5 Å². The van der Waals surface area contributed by atoms with Crippen molar-refractivity contribution >= 4 is 31.6 Å². The molecule has 0 bridgehead atoms. The van der Waals surface area contributed by atoms with Crippen molar-refractivity contribution in [2.75, 3.05) is 12.4 Å². The van der Waals surface area contributed by atoms with Gasteiger partial charge in [0.1, 0.15) is 0 Å². The van der Waals surface area contributed by atoms with Crippen LogP contribution < -0.4 is 10.0 Å². The number of anilines is 1. The summed E-state index contributed by atoms with van der Waals surface area (Å²) in [6.45, 7) is 1.79. The van der Waals surface area contributed by atoms with Crippen LogP contribution in [0.3, 0.4) is 0 Å². The summed E-state index contributed by atoms with van der Waals surface area (Å²) in [4.78, 5) is 3.96. The Bertz CT molecular complexity index is 717. The van der Waals surface area contributed by atoms with E-state index in [-0.39, 0.29) is 11.1 Å². The van der Waals surface area contributed by atoms with Gasteiger partial charge in [0, 0.05) is 23.8 Å².